The van der Waals surface area contributed by atoms with Gasteiger partial charge in [0.2, 0.25) is 6.29 Å². The molecule has 1 saturated heterocycles. The van der Waals surface area contributed by atoms with Crippen LogP contribution in [0.25, 0.3) is 0 Å². The average Bonchev–Trinajstić information content (AvgIpc) is 2.76. The summed E-state index contributed by atoms with van der Waals surface area (Å²) in [7, 11) is 1.50. The Morgan fingerprint density at radius 1 is 0.829 bits per heavy atom. The summed E-state index contributed by atoms with van der Waals surface area (Å²) in [5.41, 5.74) is 0.400. The van der Waals surface area contributed by atoms with E-state index in [2.05, 4.69) is 10.6 Å². The van der Waals surface area contributed by atoms with E-state index in [1.54, 1.807) is 24.3 Å². The predicted octanol–water partition coefficient (Wildman–Crippen LogP) is 0.900. The Kier molecular flexibility index (Phi) is 9.82. The summed E-state index contributed by atoms with van der Waals surface area (Å²) < 4.78 is 31.6. The molecule has 13 nitrogen and oxygen atoms in total. The second-order valence-corrected chi connectivity index (χ2v) is 7.46. The molecule has 0 aliphatic carbocycles. The van der Waals surface area contributed by atoms with Crippen LogP contribution in [0.4, 0.5) is 10.5 Å². The molecular weight excluding hydrogens is 468 g/mol. The maximum atomic E-state index is 12.8. The number of hydrogen-bond acceptors (Lipinski definition) is 11. The van der Waals surface area contributed by atoms with E-state index in [-0.39, 0.29) is 0 Å². The number of carbonyl (C=O) groups excluding carboxylic acids is 5. The molecule has 13 heteroatoms. The molecule has 1 aliphatic rings. The molecule has 2 amide bonds. The quantitative estimate of drug-likeness (QED) is 0.388. The zero-order valence-electron chi connectivity index (χ0n) is 19.9. The molecule has 0 saturated carbocycles. The first-order chi connectivity index (χ1) is 16.5. The first kappa shape index (κ1) is 27.4. The minimum Gasteiger partial charge on any atom is -0.497 e. The van der Waals surface area contributed by atoms with Gasteiger partial charge in [-0.2, -0.15) is 0 Å². The Labute approximate surface area is 201 Å². The van der Waals surface area contributed by atoms with E-state index in [9.17, 15) is 24.0 Å². The molecule has 0 radical (unpaired) electrons. The standard InChI is InChI=1S/C22H28N2O11/c1-11(25)31-10-17-19(32-12(2)26)20(33-13(3)27)18(21(35-17)34-14(4)28)24-22(29)23-15-6-8-16(30-5)9-7-15/h6-9,17-21H,10H2,1-5H3,(H2,23,24,29)/t17-,18-,19-,20-,21+/m1/s1. The molecule has 0 aromatic heterocycles. The van der Waals surface area contributed by atoms with Crippen LogP contribution in [-0.2, 0) is 42.9 Å². The van der Waals surface area contributed by atoms with Crippen LogP contribution in [0.2, 0.25) is 0 Å². The van der Waals surface area contributed by atoms with Gasteiger partial charge in [0.15, 0.2) is 12.2 Å². The summed E-state index contributed by atoms with van der Waals surface area (Å²) in [5, 5.41) is 5.11. The van der Waals surface area contributed by atoms with Crippen LogP contribution in [0.15, 0.2) is 24.3 Å². The number of rotatable bonds is 8. The zero-order chi connectivity index (χ0) is 26.1. The maximum absolute atomic E-state index is 12.8. The summed E-state index contributed by atoms with van der Waals surface area (Å²) in [6.45, 7) is 4.08. The van der Waals surface area contributed by atoms with E-state index in [4.69, 9.17) is 28.4 Å². The number of hydrogen-bond donors (Lipinski definition) is 2. The molecule has 1 aromatic carbocycles. The fourth-order valence-electron chi connectivity index (χ4n) is 3.31. The fourth-order valence-corrected chi connectivity index (χ4v) is 3.31. The first-order valence-electron chi connectivity index (χ1n) is 10.5. The third kappa shape index (κ3) is 8.45. The monoisotopic (exact) mass is 496 g/mol. The highest BCUT2D eigenvalue weighted by atomic mass is 16.7. The highest BCUT2D eigenvalue weighted by Gasteiger charge is 2.52. The van der Waals surface area contributed by atoms with Crippen LogP contribution in [0.3, 0.4) is 0 Å². The molecule has 2 N–H and O–H groups in total. The van der Waals surface area contributed by atoms with Gasteiger partial charge in [-0.25, -0.2) is 4.79 Å². The van der Waals surface area contributed by atoms with Gasteiger partial charge < -0.3 is 39.1 Å². The van der Waals surface area contributed by atoms with Crippen molar-refractivity contribution in [3.05, 3.63) is 24.3 Å². The third-order valence-electron chi connectivity index (χ3n) is 4.63. The summed E-state index contributed by atoms with van der Waals surface area (Å²) in [5.74, 6) is -2.37. The number of ether oxygens (including phenoxy) is 6. The predicted molar refractivity (Wildman–Crippen MR) is 117 cm³/mol. The summed E-state index contributed by atoms with van der Waals surface area (Å²) in [6.07, 6.45) is -5.34. The number of anilines is 1. The molecule has 0 unspecified atom stereocenters. The number of nitrogens with one attached hydrogen (secondary N) is 2. The highest BCUT2D eigenvalue weighted by Crippen LogP contribution is 2.28. The summed E-state index contributed by atoms with van der Waals surface area (Å²) in [4.78, 5) is 59.5. The Morgan fingerprint density at radius 2 is 1.40 bits per heavy atom. The molecule has 1 aliphatic heterocycles. The van der Waals surface area contributed by atoms with Crippen LogP contribution in [0.1, 0.15) is 27.7 Å². The van der Waals surface area contributed by atoms with Crippen LogP contribution < -0.4 is 15.4 Å². The van der Waals surface area contributed by atoms with E-state index in [0.29, 0.717) is 11.4 Å². The molecule has 1 heterocycles. The molecule has 35 heavy (non-hydrogen) atoms. The van der Waals surface area contributed by atoms with Gasteiger partial charge in [0, 0.05) is 33.4 Å². The van der Waals surface area contributed by atoms with Crippen LogP contribution in [-0.4, -0.2) is 74.3 Å². The second kappa shape index (κ2) is 12.6. The summed E-state index contributed by atoms with van der Waals surface area (Å²) in [6, 6.07) is 4.34. The van der Waals surface area contributed by atoms with Crippen LogP contribution >= 0.6 is 0 Å². The van der Waals surface area contributed by atoms with Crippen molar-refractivity contribution in [2.45, 2.75) is 58.3 Å². The van der Waals surface area contributed by atoms with Crippen molar-refractivity contribution in [1.29, 1.82) is 0 Å². The third-order valence-corrected chi connectivity index (χ3v) is 4.63. The minimum atomic E-state index is -1.48. The number of carbonyl (C=O) groups is 5. The van der Waals surface area contributed by atoms with Gasteiger partial charge in [0.05, 0.1) is 7.11 Å². The molecule has 1 aromatic rings. The van der Waals surface area contributed by atoms with Crippen molar-refractivity contribution in [3.8, 4) is 5.75 Å². The molecule has 5 atom stereocenters. The molecule has 0 bridgehead atoms. The van der Waals surface area contributed by atoms with E-state index >= 15 is 0 Å². The lowest BCUT2D eigenvalue weighted by Gasteiger charge is -2.44. The Bertz CT molecular complexity index is 934. The number of esters is 4. The van der Waals surface area contributed by atoms with Crippen molar-refractivity contribution < 1.29 is 52.4 Å². The Morgan fingerprint density at radius 3 is 1.91 bits per heavy atom. The van der Waals surface area contributed by atoms with E-state index < -0.39 is 67.2 Å². The van der Waals surface area contributed by atoms with E-state index in [1.165, 1.54) is 7.11 Å². The normalized spacial score (nSPS) is 23.3. The lowest BCUT2D eigenvalue weighted by molar-refractivity contribution is -0.270. The number of benzene rings is 1. The van der Waals surface area contributed by atoms with Gasteiger partial charge in [-0.1, -0.05) is 0 Å². The minimum absolute atomic E-state index is 0.400. The average molecular weight is 496 g/mol. The van der Waals surface area contributed by atoms with Crippen molar-refractivity contribution in [2.75, 3.05) is 19.0 Å². The van der Waals surface area contributed by atoms with E-state index in [0.717, 1.165) is 27.7 Å². The Hall–Kier alpha value is -3.87. The second-order valence-electron chi connectivity index (χ2n) is 7.46. The van der Waals surface area contributed by atoms with Crippen molar-refractivity contribution in [3.63, 3.8) is 0 Å². The van der Waals surface area contributed by atoms with Crippen LogP contribution in [0.5, 0.6) is 5.75 Å². The lowest BCUT2D eigenvalue weighted by atomic mass is 9.96. The number of methoxy groups -OCH3 is 1. The van der Waals surface area contributed by atoms with Gasteiger partial charge in [0.25, 0.3) is 0 Å². The maximum Gasteiger partial charge on any atom is 0.319 e. The van der Waals surface area contributed by atoms with Gasteiger partial charge >= 0.3 is 29.9 Å². The van der Waals surface area contributed by atoms with Crippen LogP contribution in [0, 0.1) is 0 Å². The van der Waals surface area contributed by atoms with Gasteiger partial charge in [-0.15, -0.1) is 0 Å². The van der Waals surface area contributed by atoms with Gasteiger partial charge in [-0.05, 0) is 24.3 Å². The molecule has 1 fully saturated rings. The lowest BCUT2D eigenvalue weighted by Crippen LogP contribution is -2.67. The SMILES string of the molecule is COc1ccc(NC(=O)N[C@H]2[C@@H](OC(C)=O)O[C@H](COC(C)=O)[C@@H](OC(C)=O)[C@@H]2OC(C)=O)cc1. The summed E-state index contributed by atoms with van der Waals surface area (Å²) >= 11 is 0. The first-order valence-corrected chi connectivity index (χ1v) is 10.5. The number of amides is 2. The van der Waals surface area contributed by atoms with Crippen molar-refractivity contribution >= 4 is 35.6 Å². The van der Waals surface area contributed by atoms with E-state index in [1.807, 2.05) is 0 Å². The largest absolute Gasteiger partial charge is 0.497 e. The number of urea groups is 1. The highest BCUT2D eigenvalue weighted by molar-refractivity contribution is 5.89. The zero-order valence-corrected chi connectivity index (χ0v) is 19.9. The van der Waals surface area contributed by atoms with Crippen molar-refractivity contribution in [1.82, 2.24) is 5.32 Å². The fraction of sp³-hybridized carbons (Fsp3) is 0.500. The molecule has 192 valence electrons. The molecule has 0 spiro atoms. The smallest absolute Gasteiger partial charge is 0.319 e. The van der Waals surface area contributed by atoms with Crippen molar-refractivity contribution in [2.24, 2.45) is 0 Å². The molecule has 2 rings (SSSR count). The molecular formula is C22H28N2O11. The van der Waals surface area contributed by atoms with Gasteiger partial charge in [0.1, 0.15) is 24.5 Å². The van der Waals surface area contributed by atoms with Gasteiger partial charge in [-0.3, -0.25) is 19.2 Å². The topological polar surface area (TPSA) is 165 Å². The Balaban J connectivity index is 2.35.